The molecule has 1 aliphatic rings. The van der Waals surface area contributed by atoms with E-state index in [1.54, 1.807) is 0 Å². The van der Waals surface area contributed by atoms with Crippen molar-refractivity contribution in [2.45, 2.75) is 13.8 Å². The van der Waals surface area contributed by atoms with Crippen LogP contribution in [0, 0.1) is 6.92 Å². The number of anilines is 3. The molecular weight excluding hydrogens is 346 g/mol. The summed E-state index contributed by atoms with van der Waals surface area (Å²) < 4.78 is 0. The van der Waals surface area contributed by atoms with Gasteiger partial charge in [0.15, 0.2) is 0 Å². The quantitative estimate of drug-likeness (QED) is 0.721. The smallest absolute Gasteiger partial charge is 0.229 e. The fourth-order valence-corrected chi connectivity index (χ4v) is 3.47. The normalized spacial score (nSPS) is 14.9. The molecule has 2 aromatic carbocycles. The lowest BCUT2D eigenvalue weighted by Crippen LogP contribution is -2.46. The van der Waals surface area contributed by atoms with E-state index < -0.39 is 0 Å². The number of nitrogens with one attached hydrogen (secondary N) is 1. The summed E-state index contributed by atoms with van der Waals surface area (Å²) in [5, 5.41) is 3.38. The van der Waals surface area contributed by atoms with Crippen LogP contribution in [-0.4, -0.2) is 47.6 Å². The van der Waals surface area contributed by atoms with Crippen LogP contribution < -0.4 is 10.2 Å². The molecule has 0 aliphatic carbocycles. The zero-order chi connectivity index (χ0) is 19.3. The van der Waals surface area contributed by atoms with Crippen LogP contribution >= 0.6 is 0 Å². The first-order chi connectivity index (χ1) is 13.7. The molecule has 144 valence electrons. The number of likely N-dealkylation sites (N-methyl/N-ethyl adjacent to an activating group) is 1. The van der Waals surface area contributed by atoms with Gasteiger partial charge in [-0.1, -0.05) is 55.0 Å². The van der Waals surface area contributed by atoms with Crippen LogP contribution in [0.25, 0.3) is 11.3 Å². The molecule has 0 saturated carbocycles. The van der Waals surface area contributed by atoms with Crippen molar-refractivity contribution in [2.24, 2.45) is 0 Å². The van der Waals surface area contributed by atoms with E-state index in [1.807, 2.05) is 18.2 Å². The average Bonchev–Trinajstić information content (AvgIpc) is 2.76. The van der Waals surface area contributed by atoms with Crippen LogP contribution in [0.15, 0.2) is 60.7 Å². The minimum absolute atomic E-state index is 0.637. The first-order valence-corrected chi connectivity index (χ1v) is 9.97. The van der Waals surface area contributed by atoms with Gasteiger partial charge in [0.05, 0.1) is 5.69 Å². The third-order valence-electron chi connectivity index (χ3n) is 5.23. The minimum Gasteiger partial charge on any atom is -0.354 e. The Labute approximate surface area is 167 Å². The molecule has 1 N–H and O–H groups in total. The Morgan fingerprint density at radius 1 is 0.893 bits per heavy atom. The zero-order valence-electron chi connectivity index (χ0n) is 16.6. The highest BCUT2D eigenvalue weighted by Gasteiger charge is 2.18. The first kappa shape index (κ1) is 18.4. The van der Waals surface area contributed by atoms with Crippen molar-refractivity contribution in [3.05, 3.63) is 66.2 Å². The molecule has 5 heteroatoms. The predicted molar refractivity (Wildman–Crippen MR) is 116 cm³/mol. The van der Waals surface area contributed by atoms with E-state index in [2.05, 4.69) is 71.4 Å². The molecule has 0 radical (unpaired) electrons. The summed E-state index contributed by atoms with van der Waals surface area (Å²) >= 11 is 0. The van der Waals surface area contributed by atoms with Crippen LogP contribution in [0.3, 0.4) is 0 Å². The summed E-state index contributed by atoms with van der Waals surface area (Å²) in [6.07, 6.45) is 0. The summed E-state index contributed by atoms with van der Waals surface area (Å²) in [7, 11) is 0. The highest BCUT2D eigenvalue weighted by molar-refractivity contribution is 5.66. The molecule has 0 amide bonds. The van der Waals surface area contributed by atoms with E-state index in [4.69, 9.17) is 9.97 Å². The summed E-state index contributed by atoms with van der Waals surface area (Å²) in [4.78, 5) is 14.5. The maximum absolute atomic E-state index is 4.84. The second-order valence-electron chi connectivity index (χ2n) is 7.21. The van der Waals surface area contributed by atoms with Gasteiger partial charge in [-0.3, -0.25) is 0 Å². The lowest BCUT2D eigenvalue weighted by molar-refractivity contribution is 0.270. The molecule has 0 spiro atoms. The van der Waals surface area contributed by atoms with Crippen molar-refractivity contribution in [3.63, 3.8) is 0 Å². The molecule has 0 atom stereocenters. The van der Waals surface area contributed by atoms with Gasteiger partial charge in [-0.05, 0) is 25.6 Å². The number of nitrogens with zero attached hydrogens (tertiary/aromatic N) is 4. The summed E-state index contributed by atoms with van der Waals surface area (Å²) in [5.41, 5.74) is 4.28. The van der Waals surface area contributed by atoms with E-state index in [0.29, 0.717) is 5.95 Å². The molecule has 1 fully saturated rings. The zero-order valence-corrected chi connectivity index (χ0v) is 16.6. The molecule has 0 bridgehead atoms. The number of aryl methyl sites for hydroxylation is 1. The standard InChI is InChI=1S/C23H27N5/c1-3-27-13-15-28(16-14-27)22-17-21(19-7-5-4-6-8-19)25-23(26-22)24-20-11-9-18(2)10-12-20/h4-12,17H,3,13-16H2,1-2H3,(H,24,25,26). The third kappa shape index (κ3) is 4.31. The van der Waals surface area contributed by atoms with Crippen LogP contribution in [0.1, 0.15) is 12.5 Å². The molecule has 4 rings (SSSR count). The second-order valence-corrected chi connectivity index (χ2v) is 7.21. The molecule has 2 heterocycles. The van der Waals surface area contributed by atoms with Gasteiger partial charge in [0.2, 0.25) is 5.95 Å². The molecule has 1 saturated heterocycles. The number of aromatic nitrogens is 2. The lowest BCUT2D eigenvalue weighted by atomic mass is 10.1. The van der Waals surface area contributed by atoms with Gasteiger partial charge in [-0.25, -0.2) is 4.98 Å². The van der Waals surface area contributed by atoms with Crippen molar-refractivity contribution < 1.29 is 0 Å². The van der Waals surface area contributed by atoms with E-state index in [9.17, 15) is 0 Å². The van der Waals surface area contributed by atoms with Gasteiger partial charge in [0.25, 0.3) is 0 Å². The average molecular weight is 374 g/mol. The predicted octanol–water partition coefficient (Wildman–Crippen LogP) is 4.34. The fraction of sp³-hybridized carbons (Fsp3) is 0.304. The number of hydrogen-bond acceptors (Lipinski definition) is 5. The van der Waals surface area contributed by atoms with Gasteiger partial charge in [-0.2, -0.15) is 4.98 Å². The number of benzene rings is 2. The molecule has 1 aromatic heterocycles. The monoisotopic (exact) mass is 373 g/mol. The Morgan fingerprint density at radius 3 is 2.29 bits per heavy atom. The van der Waals surface area contributed by atoms with E-state index >= 15 is 0 Å². The van der Waals surface area contributed by atoms with Gasteiger partial charge < -0.3 is 15.1 Å². The van der Waals surface area contributed by atoms with E-state index in [0.717, 1.165) is 55.5 Å². The maximum atomic E-state index is 4.84. The minimum atomic E-state index is 0.637. The van der Waals surface area contributed by atoms with Crippen molar-refractivity contribution in [1.29, 1.82) is 0 Å². The SMILES string of the molecule is CCN1CCN(c2cc(-c3ccccc3)nc(Nc3ccc(C)cc3)n2)CC1. The molecule has 5 nitrogen and oxygen atoms in total. The molecule has 28 heavy (non-hydrogen) atoms. The number of hydrogen-bond donors (Lipinski definition) is 1. The largest absolute Gasteiger partial charge is 0.354 e. The van der Waals surface area contributed by atoms with Crippen LogP contribution in [0.2, 0.25) is 0 Å². The fourth-order valence-electron chi connectivity index (χ4n) is 3.47. The van der Waals surface area contributed by atoms with Crippen LogP contribution in [0.4, 0.5) is 17.5 Å². The van der Waals surface area contributed by atoms with E-state index in [1.165, 1.54) is 5.56 Å². The van der Waals surface area contributed by atoms with Gasteiger partial charge in [0, 0.05) is 43.5 Å². The Morgan fingerprint density at radius 2 is 1.61 bits per heavy atom. The molecule has 0 unspecified atom stereocenters. The third-order valence-corrected chi connectivity index (χ3v) is 5.23. The van der Waals surface area contributed by atoms with Crippen LogP contribution in [0.5, 0.6) is 0 Å². The Balaban J connectivity index is 1.66. The summed E-state index contributed by atoms with van der Waals surface area (Å²) in [6, 6.07) is 20.7. The lowest BCUT2D eigenvalue weighted by Gasteiger charge is -2.35. The van der Waals surface area contributed by atoms with Crippen molar-refractivity contribution in [3.8, 4) is 11.3 Å². The first-order valence-electron chi connectivity index (χ1n) is 9.97. The Kier molecular flexibility index (Phi) is 5.53. The Bertz CT molecular complexity index is 900. The summed E-state index contributed by atoms with van der Waals surface area (Å²) in [6.45, 7) is 9.53. The van der Waals surface area contributed by atoms with Crippen LogP contribution in [-0.2, 0) is 0 Å². The van der Waals surface area contributed by atoms with Crippen molar-refractivity contribution in [1.82, 2.24) is 14.9 Å². The highest BCUT2D eigenvalue weighted by atomic mass is 15.3. The molecular formula is C23H27N5. The van der Waals surface area contributed by atoms with Gasteiger partial charge in [-0.15, -0.1) is 0 Å². The second kappa shape index (κ2) is 8.40. The Hall–Kier alpha value is -2.92. The maximum Gasteiger partial charge on any atom is 0.229 e. The van der Waals surface area contributed by atoms with Crippen molar-refractivity contribution in [2.75, 3.05) is 42.9 Å². The number of piperazine rings is 1. The van der Waals surface area contributed by atoms with Crippen molar-refractivity contribution >= 4 is 17.5 Å². The van der Waals surface area contributed by atoms with E-state index in [-0.39, 0.29) is 0 Å². The number of rotatable bonds is 5. The highest BCUT2D eigenvalue weighted by Crippen LogP contribution is 2.25. The molecule has 3 aromatic rings. The van der Waals surface area contributed by atoms with Gasteiger partial charge in [0.1, 0.15) is 5.82 Å². The summed E-state index contributed by atoms with van der Waals surface area (Å²) in [5.74, 6) is 1.62. The molecule has 1 aliphatic heterocycles. The topological polar surface area (TPSA) is 44.3 Å². The van der Waals surface area contributed by atoms with Gasteiger partial charge >= 0.3 is 0 Å².